The van der Waals surface area contributed by atoms with Crippen molar-refractivity contribution in [3.05, 3.63) is 88.5 Å². The summed E-state index contributed by atoms with van der Waals surface area (Å²) in [4.78, 5) is 32.7. The molecule has 2 aliphatic heterocycles. The van der Waals surface area contributed by atoms with E-state index in [0.717, 1.165) is 5.52 Å². The zero-order chi connectivity index (χ0) is 29.0. The van der Waals surface area contributed by atoms with Crippen LogP contribution in [0.2, 0.25) is 0 Å². The van der Waals surface area contributed by atoms with Crippen LogP contribution in [0, 0.1) is 30.3 Å². The van der Waals surface area contributed by atoms with Gasteiger partial charge >= 0.3 is 0 Å². The van der Waals surface area contributed by atoms with Crippen molar-refractivity contribution in [3.63, 3.8) is 0 Å². The topological polar surface area (TPSA) is 79.3 Å². The highest BCUT2D eigenvalue weighted by molar-refractivity contribution is 5.99. The summed E-state index contributed by atoms with van der Waals surface area (Å²) in [7, 11) is 1.86. The zero-order valence-electron chi connectivity index (χ0n) is 23.0. The highest BCUT2D eigenvalue weighted by Gasteiger charge is 2.33. The van der Waals surface area contributed by atoms with E-state index in [0.29, 0.717) is 48.4 Å². The first-order valence-electron chi connectivity index (χ1n) is 13.7. The number of aryl methyl sites for hydroxylation is 2. The summed E-state index contributed by atoms with van der Waals surface area (Å²) in [5, 5.41) is 6.13. The van der Waals surface area contributed by atoms with Crippen molar-refractivity contribution in [1.82, 2.24) is 14.5 Å². The fraction of sp³-hybridized carbons (Fsp3) is 0.323. The molecule has 0 radical (unpaired) electrons. The van der Waals surface area contributed by atoms with Crippen LogP contribution in [-0.2, 0) is 7.05 Å². The van der Waals surface area contributed by atoms with Gasteiger partial charge in [-0.3, -0.25) is 9.59 Å². The molecule has 2 aliphatic rings. The van der Waals surface area contributed by atoms with E-state index < -0.39 is 17.8 Å². The Kier molecular flexibility index (Phi) is 6.71. The molecule has 0 saturated carbocycles. The van der Waals surface area contributed by atoms with Crippen LogP contribution in [0.4, 0.5) is 24.5 Å². The number of anilines is 2. The second-order valence-electron chi connectivity index (χ2n) is 11.0. The van der Waals surface area contributed by atoms with E-state index in [2.05, 4.69) is 10.6 Å². The maximum atomic E-state index is 14.6. The number of hydrogen-bond donors (Lipinski definition) is 2. The number of likely N-dealkylation sites (tertiary alicyclic amines) is 1. The number of rotatable bonds is 5. The second-order valence-corrected chi connectivity index (χ2v) is 11.0. The maximum absolute atomic E-state index is 14.6. The standard InChI is InChI=1S/C31H30F3N5O2/c1-16-14-22(33)26-27(25(16)34)37-29(36-26)17(2)30-35-23-9-6-20(15-24(23)38(30)3)31(41)39-12-10-19(11-13-39)28(40)18-4-7-21(32)8-5-18/h4-9,14-15,17,19,29,36-37H,10-13H2,1-3H3. The lowest BCUT2D eigenvalue weighted by molar-refractivity contribution is 0.0650. The molecular formula is C31H30F3N5O2. The largest absolute Gasteiger partial charge is 0.361 e. The number of aromatic nitrogens is 2. The summed E-state index contributed by atoms with van der Waals surface area (Å²) in [5.41, 5.74) is 2.94. The van der Waals surface area contributed by atoms with Gasteiger partial charge in [-0.2, -0.15) is 0 Å². The molecule has 3 heterocycles. The average molecular weight is 562 g/mol. The van der Waals surface area contributed by atoms with E-state index in [4.69, 9.17) is 4.98 Å². The Bertz CT molecular complexity index is 1680. The van der Waals surface area contributed by atoms with Crippen molar-refractivity contribution in [2.24, 2.45) is 13.0 Å². The summed E-state index contributed by atoms with van der Waals surface area (Å²) >= 11 is 0. The fourth-order valence-corrected chi connectivity index (χ4v) is 5.90. The molecule has 2 atom stereocenters. The molecule has 212 valence electrons. The third kappa shape index (κ3) is 4.71. The summed E-state index contributed by atoms with van der Waals surface area (Å²) in [6, 6.07) is 12.1. The van der Waals surface area contributed by atoms with E-state index in [9.17, 15) is 22.8 Å². The van der Waals surface area contributed by atoms with E-state index in [1.165, 1.54) is 37.3 Å². The van der Waals surface area contributed by atoms with Crippen molar-refractivity contribution < 1.29 is 22.8 Å². The van der Waals surface area contributed by atoms with Crippen LogP contribution in [0.25, 0.3) is 11.0 Å². The Balaban J connectivity index is 1.16. The molecule has 10 heteroatoms. The van der Waals surface area contributed by atoms with Gasteiger partial charge in [-0.15, -0.1) is 0 Å². The second kappa shape index (κ2) is 10.2. The van der Waals surface area contributed by atoms with Crippen molar-refractivity contribution >= 4 is 34.1 Å². The van der Waals surface area contributed by atoms with Crippen molar-refractivity contribution in [1.29, 1.82) is 0 Å². The molecule has 1 aromatic heterocycles. The maximum Gasteiger partial charge on any atom is 0.253 e. The van der Waals surface area contributed by atoms with Gasteiger partial charge in [0.25, 0.3) is 5.91 Å². The Morgan fingerprint density at radius 1 is 0.951 bits per heavy atom. The Labute approximate surface area is 235 Å². The number of benzene rings is 3. The molecule has 4 aromatic rings. The molecule has 0 bridgehead atoms. The van der Waals surface area contributed by atoms with E-state index in [1.54, 1.807) is 17.0 Å². The van der Waals surface area contributed by atoms with Gasteiger partial charge in [0.05, 0.1) is 28.3 Å². The molecule has 1 fully saturated rings. The molecule has 2 N–H and O–H groups in total. The van der Waals surface area contributed by atoms with Gasteiger partial charge in [0, 0.05) is 37.2 Å². The summed E-state index contributed by atoms with van der Waals surface area (Å²) in [6.45, 7) is 4.35. The van der Waals surface area contributed by atoms with E-state index >= 15 is 0 Å². The van der Waals surface area contributed by atoms with Gasteiger partial charge in [0.2, 0.25) is 0 Å². The lowest BCUT2D eigenvalue weighted by Crippen LogP contribution is -2.40. The van der Waals surface area contributed by atoms with E-state index in [-0.39, 0.29) is 46.3 Å². The summed E-state index contributed by atoms with van der Waals surface area (Å²) in [6.07, 6.45) is 0.607. The van der Waals surface area contributed by atoms with Gasteiger partial charge in [-0.25, -0.2) is 18.2 Å². The fourth-order valence-electron chi connectivity index (χ4n) is 5.90. The number of Topliss-reactive ketones (excluding diaryl/α,β-unsaturated/α-hetero) is 1. The number of piperidine rings is 1. The molecule has 7 nitrogen and oxygen atoms in total. The first-order chi connectivity index (χ1) is 19.6. The van der Waals surface area contributed by atoms with Crippen LogP contribution in [-0.4, -0.2) is 45.4 Å². The first-order valence-corrected chi connectivity index (χ1v) is 13.7. The number of nitrogens with one attached hydrogen (secondary N) is 2. The Morgan fingerprint density at radius 2 is 1.61 bits per heavy atom. The monoisotopic (exact) mass is 561 g/mol. The molecular weight excluding hydrogens is 531 g/mol. The van der Waals surface area contributed by atoms with E-state index in [1.807, 2.05) is 24.6 Å². The van der Waals surface area contributed by atoms with Crippen LogP contribution in [0.5, 0.6) is 0 Å². The molecule has 41 heavy (non-hydrogen) atoms. The highest BCUT2D eigenvalue weighted by atomic mass is 19.1. The molecule has 6 rings (SSSR count). The van der Waals surface area contributed by atoms with Crippen LogP contribution >= 0.6 is 0 Å². The van der Waals surface area contributed by atoms with Crippen molar-refractivity contribution in [2.45, 2.75) is 38.8 Å². The van der Waals surface area contributed by atoms with Gasteiger partial charge in [0.1, 0.15) is 23.6 Å². The van der Waals surface area contributed by atoms with Crippen molar-refractivity contribution in [3.8, 4) is 0 Å². The first kappa shape index (κ1) is 26.9. The normalized spacial score (nSPS) is 17.7. The van der Waals surface area contributed by atoms with Crippen LogP contribution in [0.3, 0.4) is 0 Å². The third-order valence-electron chi connectivity index (χ3n) is 8.35. The number of carbonyl (C=O) groups excluding carboxylic acids is 2. The number of carbonyl (C=O) groups is 2. The minimum atomic E-state index is -0.516. The lowest BCUT2D eigenvalue weighted by atomic mass is 9.88. The highest BCUT2D eigenvalue weighted by Crippen LogP contribution is 2.39. The molecule has 1 amide bonds. The minimum absolute atomic E-state index is 0.0231. The van der Waals surface area contributed by atoms with Gasteiger partial charge in [-0.1, -0.05) is 6.92 Å². The van der Waals surface area contributed by atoms with Crippen LogP contribution in [0.15, 0.2) is 48.5 Å². The quantitative estimate of drug-likeness (QED) is 0.292. The number of nitrogens with zero attached hydrogens (tertiary/aromatic N) is 3. The number of fused-ring (bicyclic) bond motifs is 2. The number of imidazole rings is 1. The van der Waals surface area contributed by atoms with Gasteiger partial charge in [0.15, 0.2) is 11.6 Å². The number of amides is 1. The number of hydrogen-bond acceptors (Lipinski definition) is 5. The zero-order valence-corrected chi connectivity index (χ0v) is 23.0. The molecule has 3 aromatic carbocycles. The van der Waals surface area contributed by atoms with Crippen LogP contribution in [0.1, 0.15) is 57.8 Å². The average Bonchev–Trinajstić information content (AvgIpc) is 3.58. The Morgan fingerprint density at radius 3 is 2.32 bits per heavy atom. The predicted molar refractivity (Wildman–Crippen MR) is 151 cm³/mol. The molecule has 1 saturated heterocycles. The van der Waals surface area contributed by atoms with Gasteiger partial charge in [-0.05, 0) is 73.9 Å². The number of ketones is 1. The molecule has 0 aliphatic carbocycles. The number of halogens is 3. The Hall–Kier alpha value is -4.34. The smallest absolute Gasteiger partial charge is 0.253 e. The van der Waals surface area contributed by atoms with Crippen LogP contribution < -0.4 is 10.6 Å². The minimum Gasteiger partial charge on any atom is -0.361 e. The molecule has 0 spiro atoms. The third-order valence-corrected chi connectivity index (χ3v) is 8.35. The van der Waals surface area contributed by atoms with Gasteiger partial charge < -0.3 is 20.1 Å². The predicted octanol–water partition coefficient (Wildman–Crippen LogP) is 6.00. The SMILES string of the molecule is Cc1cc(F)c2c(c1F)NC(C(C)c1nc3ccc(C(=O)N4CCC(C(=O)c5ccc(F)cc5)CC4)cc3n1C)N2. The van der Waals surface area contributed by atoms with Crippen molar-refractivity contribution in [2.75, 3.05) is 23.7 Å². The molecule has 2 unspecified atom stereocenters. The lowest BCUT2D eigenvalue weighted by Gasteiger charge is -2.31. The summed E-state index contributed by atoms with van der Waals surface area (Å²) in [5.74, 6) is -1.30. The summed E-state index contributed by atoms with van der Waals surface area (Å²) < 4.78 is 44.3.